The van der Waals surface area contributed by atoms with Gasteiger partial charge in [-0.1, -0.05) is 24.3 Å². The zero-order chi connectivity index (χ0) is 13.7. The van der Waals surface area contributed by atoms with Crippen LogP contribution in [0.2, 0.25) is 0 Å². The van der Waals surface area contributed by atoms with Gasteiger partial charge in [-0.2, -0.15) is 0 Å². The lowest BCUT2D eigenvalue weighted by Gasteiger charge is -2.32. The van der Waals surface area contributed by atoms with E-state index in [9.17, 15) is 0 Å². The molecule has 0 spiro atoms. The molecule has 2 N–H and O–H groups in total. The molecule has 2 rings (SSSR count). The highest BCUT2D eigenvalue weighted by Gasteiger charge is 2.20. The van der Waals surface area contributed by atoms with Crippen molar-refractivity contribution in [1.29, 1.82) is 0 Å². The van der Waals surface area contributed by atoms with E-state index in [0.717, 1.165) is 19.5 Å². The van der Waals surface area contributed by atoms with Crippen LogP contribution in [0.4, 0.5) is 0 Å². The number of benzene rings is 1. The number of piperidine rings is 1. The fourth-order valence-corrected chi connectivity index (χ4v) is 2.89. The smallest absolute Gasteiger partial charge is 0.0698 e. The number of hydrogen-bond donors (Lipinski definition) is 1. The predicted molar refractivity (Wildman–Crippen MR) is 79.2 cm³/mol. The van der Waals surface area contributed by atoms with Crippen molar-refractivity contribution in [2.45, 2.75) is 38.3 Å². The molecule has 3 heteroatoms. The molecule has 3 nitrogen and oxygen atoms in total. The Hall–Kier alpha value is -0.900. The lowest BCUT2D eigenvalue weighted by molar-refractivity contribution is 0.0305. The third-order valence-corrected chi connectivity index (χ3v) is 4.14. The van der Waals surface area contributed by atoms with Crippen LogP contribution in [0.3, 0.4) is 0 Å². The number of nitrogens with zero attached hydrogens (tertiary/aromatic N) is 1. The van der Waals surface area contributed by atoms with E-state index in [1.165, 1.54) is 30.5 Å². The van der Waals surface area contributed by atoms with E-state index in [4.69, 9.17) is 10.5 Å². The Balaban J connectivity index is 1.83. The lowest BCUT2D eigenvalue weighted by Crippen LogP contribution is -2.40. The van der Waals surface area contributed by atoms with Crippen molar-refractivity contribution in [3.8, 4) is 0 Å². The van der Waals surface area contributed by atoms with E-state index in [1.54, 1.807) is 0 Å². The Kier molecular flexibility index (Phi) is 5.37. The highest BCUT2D eigenvalue weighted by Crippen LogP contribution is 2.20. The van der Waals surface area contributed by atoms with E-state index in [2.05, 4.69) is 36.1 Å². The first-order chi connectivity index (χ1) is 9.20. The minimum atomic E-state index is 0.143. The molecule has 2 unspecified atom stereocenters. The van der Waals surface area contributed by atoms with Gasteiger partial charge in [0.2, 0.25) is 0 Å². The SMILES string of the molecule is COC1CCCN(CCC(N)c2ccccc2C)C1. The first kappa shape index (κ1) is 14.5. The van der Waals surface area contributed by atoms with Crippen LogP contribution in [0, 0.1) is 6.92 Å². The molecule has 0 radical (unpaired) electrons. The summed E-state index contributed by atoms with van der Waals surface area (Å²) in [5.74, 6) is 0. The summed E-state index contributed by atoms with van der Waals surface area (Å²) < 4.78 is 5.46. The topological polar surface area (TPSA) is 38.5 Å². The molecular formula is C16H26N2O. The summed E-state index contributed by atoms with van der Waals surface area (Å²) in [6, 6.07) is 8.57. The van der Waals surface area contributed by atoms with Crippen molar-refractivity contribution in [3.63, 3.8) is 0 Å². The molecule has 1 aromatic rings. The number of nitrogens with two attached hydrogens (primary N) is 1. The van der Waals surface area contributed by atoms with E-state index >= 15 is 0 Å². The Bertz CT molecular complexity index is 394. The second-order valence-corrected chi connectivity index (χ2v) is 5.55. The van der Waals surface area contributed by atoms with Gasteiger partial charge in [-0.3, -0.25) is 0 Å². The monoisotopic (exact) mass is 262 g/mol. The molecule has 1 heterocycles. The van der Waals surface area contributed by atoms with Gasteiger partial charge in [0.15, 0.2) is 0 Å². The molecule has 0 aromatic heterocycles. The number of hydrogen-bond acceptors (Lipinski definition) is 3. The molecule has 1 aliphatic heterocycles. The summed E-state index contributed by atoms with van der Waals surface area (Å²) in [4.78, 5) is 2.48. The molecular weight excluding hydrogens is 236 g/mol. The van der Waals surface area contributed by atoms with Gasteiger partial charge in [-0.05, 0) is 43.9 Å². The summed E-state index contributed by atoms with van der Waals surface area (Å²) in [6.07, 6.45) is 3.85. The third-order valence-electron chi connectivity index (χ3n) is 4.14. The van der Waals surface area contributed by atoms with Crippen molar-refractivity contribution >= 4 is 0 Å². The molecule has 0 bridgehead atoms. The van der Waals surface area contributed by atoms with Crippen LogP contribution in [0.5, 0.6) is 0 Å². The molecule has 2 atom stereocenters. The van der Waals surface area contributed by atoms with E-state index in [1.807, 2.05) is 7.11 Å². The number of rotatable bonds is 5. The standard InChI is InChI=1S/C16H26N2O/c1-13-6-3-4-8-15(13)16(17)9-11-18-10-5-7-14(12-18)19-2/h3-4,6,8,14,16H,5,7,9-12,17H2,1-2H3. The van der Waals surface area contributed by atoms with E-state index in [-0.39, 0.29) is 6.04 Å². The van der Waals surface area contributed by atoms with Crippen LogP contribution in [-0.2, 0) is 4.74 Å². The van der Waals surface area contributed by atoms with Gasteiger partial charge in [-0.25, -0.2) is 0 Å². The molecule has 1 aromatic carbocycles. The normalized spacial score (nSPS) is 22.4. The minimum Gasteiger partial charge on any atom is -0.380 e. The fourth-order valence-electron chi connectivity index (χ4n) is 2.89. The Morgan fingerprint density at radius 2 is 2.21 bits per heavy atom. The van der Waals surface area contributed by atoms with Gasteiger partial charge in [0.1, 0.15) is 0 Å². The molecule has 19 heavy (non-hydrogen) atoms. The first-order valence-electron chi connectivity index (χ1n) is 7.27. The van der Waals surface area contributed by atoms with Gasteiger partial charge in [0, 0.05) is 26.2 Å². The van der Waals surface area contributed by atoms with Crippen molar-refractivity contribution in [1.82, 2.24) is 4.90 Å². The predicted octanol–water partition coefficient (Wildman–Crippen LogP) is 2.50. The van der Waals surface area contributed by atoms with Crippen LogP contribution in [0.25, 0.3) is 0 Å². The van der Waals surface area contributed by atoms with Gasteiger partial charge < -0.3 is 15.4 Å². The lowest BCUT2D eigenvalue weighted by atomic mass is 9.99. The van der Waals surface area contributed by atoms with Crippen molar-refractivity contribution in [2.24, 2.45) is 5.73 Å². The Morgan fingerprint density at radius 3 is 2.95 bits per heavy atom. The summed E-state index contributed by atoms with van der Waals surface area (Å²) in [7, 11) is 1.81. The summed E-state index contributed by atoms with van der Waals surface area (Å²) in [5.41, 5.74) is 8.90. The molecule has 0 aliphatic carbocycles. The summed E-state index contributed by atoms with van der Waals surface area (Å²) >= 11 is 0. The number of likely N-dealkylation sites (tertiary alicyclic amines) is 1. The molecule has 1 aliphatic rings. The maximum absolute atomic E-state index is 6.32. The van der Waals surface area contributed by atoms with Crippen LogP contribution in [-0.4, -0.2) is 37.7 Å². The van der Waals surface area contributed by atoms with Gasteiger partial charge in [0.25, 0.3) is 0 Å². The van der Waals surface area contributed by atoms with E-state index < -0.39 is 0 Å². The van der Waals surface area contributed by atoms with Crippen molar-refractivity contribution in [3.05, 3.63) is 35.4 Å². The van der Waals surface area contributed by atoms with Crippen LogP contribution >= 0.6 is 0 Å². The second kappa shape index (κ2) is 7.04. The highest BCUT2D eigenvalue weighted by molar-refractivity contribution is 5.28. The largest absolute Gasteiger partial charge is 0.380 e. The number of methoxy groups -OCH3 is 1. The van der Waals surface area contributed by atoms with Crippen LogP contribution in [0.15, 0.2) is 24.3 Å². The average molecular weight is 262 g/mol. The summed E-state index contributed by atoms with van der Waals surface area (Å²) in [6.45, 7) is 5.43. The first-order valence-corrected chi connectivity index (χ1v) is 7.27. The fraction of sp³-hybridized carbons (Fsp3) is 0.625. The van der Waals surface area contributed by atoms with Gasteiger partial charge >= 0.3 is 0 Å². The molecule has 1 fully saturated rings. The van der Waals surface area contributed by atoms with Crippen LogP contribution < -0.4 is 5.73 Å². The van der Waals surface area contributed by atoms with Gasteiger partial charge in [0.05, 0.1) is 6.10 Å². The number of ether oxygens (including phenoxy) is 1. The highest BCUT2D eigenvalue weighted by atomic mass is 16.5. The summed E-state index contributed by atoms with van der Waals surface area (Å²) in [5, 5.41) is 0. The van der Waals surface area contributed by atoms with Crippen molar-refractivity contribution < 1.29 is 4.74 Å². The molecule has 106 valence electrons. The third kappa shape index (κ3) is 4.03. The zero-order valence-corrected chi connectivity index (χ0v) is 12.1. The zero-order valence-electron chi connectivity index (χ0n) is 12.1. The molecule has 1 saturated heterocycles. The second-order valence-electron chi connectivity index (χ2n) is 5.55. The maximum Gasteiger partial charge on any atom is 0.0698 e. The minimum absolute atomic E-state index is 0.143. The Labute approximate surface area is 116 Å². The quantitative estimate of drug-likeness (QED) is 0.886. The molecule has 0 amide bonds. The maximum atomic E-state index is 6.32. The Morgan fingerprint density at radius 1 is 1.42 bits per heavy atom. The van der Waals surface area contributed by atoms with Crippen molar-refractivity contribution in [2.75, 3.05) is 26.7 Å². The van der Waals surface area contributed by atoms with E-state index in [0.29, 0.717) is 6.10 Å². The van der Waals surface area contributed by atoms with Gasteiger partial charge in [-0.15, -0.1) is 0 Å². The average Bonchev–Trinajstić information content (AvgIpc) is 2.45. The van der Waals surface area contributed by atoms with Crippen LogP contribution in [0.1, 0.15) is 36.4 Å². The molecule has 0 saturated carbocycles. The number of aryl methyl sites for hydroxylation is 1.